The molecule has 2 rings (SSSR count). The van der Waals surface area contributed by atoms with Crippen molar-refractivity contribution in [2.45, 2.75) is 13.0 Å². The van der Waals surface area contributed by atoms with Crippen LogP contribution in [0.4, 0.5) is 10.5 Å². The van der Waals surface area contributed by atoms with Crippen LogP contribution in [0.5, 0.6) is 5.75 Å². The molecule has 24 heavy (non-hydrogen) atoms. The maximum Gasteiger partial charge on any atom is 0.332 e. The number of carbonyl (C=O) groups is 1. The van der Waals surface area contributed by atoms with Crippen LogP contribution in [-0.4, -0.2) is 17.2 Å². The molecule has 0 atom stereocenters. The minimum Gasteiger partial charge on any atom is -0.482 e. The molecule has 2 aromatic carbocycles. The fourth-order valence-corrected chi connectivity index (χ4v) is 2.04. The van der Waals surface area contributed by atoms with Gasteiger partial charge in [-0.2, -0.15) is 5.10 Å². The molecule has 0 aliphatic carbocycles. The Kier molecular flexibility index (Phi) is 5.84. The van der Waals surface area contributed by atoms with Crippen molar-refractivity contribution in [3.05, 3.63) is 69.8 Å². The molecule has 0 saturated heterocycles. The zero-order valence-electron chi connectivity index (χ0n) is 12.7. The quantitative estimate of drug-likeness (QED) is 0.460. The van der Waals surface area contributed by atoms with Crippen molar-refractivity contribution < 1.29 is 14.5 Å². The molecule has 8 nitrogen and oxygen atoms in total. The zero-order valence-corrected chi connectivity index (χ0v) is 12.7. The number of urea groups is 1. The maximum absolute atomic E-state index is 11.4. The molecular weight excluding hydrogens is 312 g/mol. The number of ether oxygens (including phenoxy) is 1. The molecule has 0 aromatic heterocycles. The molecule has 0 fully saturated rings. The lowest BCUT2D eigenvalue weighted by atomic mass is 10.1. The van der Waals surface area contributed by atoms with Crippen LogP contribution in [0.3, 0.4) is 0 Å². The lowest BCUT2D eigenvalue weighted by Crippen LogP contribution is -2.24. The fraction of sp³-hybridized carbons (Fsp3) is 0.125. The van der Waals surface area contributed by atoms with E-state index < -0.39 is 11.0 Å². The molecular formula is C16H16N4O4. The molecule has 0 heterocycles. The van der Waals surface area contributed by atoms with E-state index in [1.807, 2.05) is 35.8 Å². The Labute approximate surface area is 138 Å². The number of primary amides is 1. The first kappa shape index (κ1) is 16.9. The van der Waals surface area contributed by atoms with Crippen LogP contribution in [0, 0.1) is 10.1 Å². The Hall–Kier alpha value is -3.42. The highest BCUT2D eigenvalue weighted by atomic mass is 16.6. The fourth-order valence-electron chi connectivity index (χ4n) is 2.04. The normalized spacial score (nSPS) is 10.5. The Balaban J connectivity index is 2.15. The number of nitrogens with two attached hydrogens (primary N) is 1. The van der Waals surface area contributed by atoms with Gasteiger partial charge in [-0.1, -0.05) is 42.5 Å². The first-order chi connectivity index (χ1) is 11.6. The van der Waals surface area contributed by atoms with E-state index in [9.17, 15) is 14.9 Å². The van der Waals surface area contributed by atoms with Crippen molar-refractivity contribution in [2.75, 3.05) is 0 Å². The van der Waals surface area contributed by atoms with E-state index in [-0.39, 0.29) is 24.5 Å². The molecule has 3 N–H and O–H groups in total. The second-order valence-electron chi connectivity index (χ2n) is 4.79. The average molecular weight is 328 g/mol. The molecule has 2 amide bonds. The van der Waals surface area contributed by atoms with Crippen LogP contribution >= 0.6 is 0 Å². The molecule has 0 radical (unpaired) electrons. The van der Waals surface area contributed by atoms with E-state index >= 15 is 0 Å². The molecule has 0 bridgehead atoms. The third-order valence-electron chi connectivity index (χ3n) is 3.08. The van der Waals surface area contributed by atoms with Crippen LogP contribution < -0.4 is 15.9 Å². The highest BCUT2D eigenvalue weighted by molar-refractivity contribution is 5.73. The monoisotopic (exact) mass is 328 g/mol. The summed E-state index contributed by atoms with van der Waals surface area (Å²) in [7, 11) is 0. The van der Waals surface area contributed by atoms with Gasteiger partial charge in [0, 0.05) is 18.2 Å². The summed E-state index contributed by atoms with van der Waals surface area (Å²) in [6.45, 7) is 0.225. The topological polar surface area (TPSA) is 120 Å². The summed E-state index contributed by atoms with van der Waals surface area (Å²) in [5.41, 5.74) is 8.11. The van der Waals surface area contributed by atoms with Gasteiger partial charge in [0.1, 0.15) is 6.61 Å². The Morgan fingerprint density at radius 2 is 2.00 bits per heavy atom. The summed E-state index contributed by atoms with van der Waals surface area (Å²) < 4.78 is 5.59. The van der Waals surface area contributed by atoms with Crippen LogP contribution in [0.2, 0.25) is 0 Å². The van der Waals surface area contributed by atoms with Gasteiger partial charge in [0.2, 0.25) is 0 Å². The first-order valence-electron chi connectivity index (χ1n) is 7.08. The molecule has 0 spiro atoms. The van der Waals surface area contributed by atoms with Gasteiger partial charge in [-0.15, -0.1) is 0 Å². The summed E-state index contributed by atoms with van der Waals surface area (Å²) in [6.07, 6.45) is 1.48. The lowest BCUT2D eigenvalue weighted by Gasteiger charge is -2.09. The van der Waals surface area contributed by atoms with Crippen molar-refractivity contribution in [3.8, 4) is 5.75 Å². The second kappa shape index (κ2) is 8.28. The number of hydrogen-bond donors (Lipinski definition) is 2. The maximum atomic E-state index is 11.4. The van der Waals surface area contributed by atoms with Gasteiger partial charge in [0.05, 0.1) is 4.92 Å². The third kappa shape index (κ3) is 4.80. The summed E-state index contributed by atoms with van der Waals surface area (Å²) in [5, 5.41) is 15.0. The number of hydrazone groups is 1. The van der Waals surface area contributed by atoms with Gasteiger partial charge in [-0.05, 0) is 11.6 Å². The number of benzene rings is 2. The first-order valence-corrected chi connectivity index (χ1v) is 7.08. The summed E-state index contributed by atoms with van der Waals surface area (Å²) >= 11 is 0. The lowest BCUT2D eigenvalue weighted by molar-refractivity contribution is -0.386. The number of nitro benzene ring substituents is 1. The highest BCUT2D eigenvalue weighted by Crippen LogP contribution is 2.31. The van der Waals surface area contributed by atoms with Gasteiger partial charge in [0.25, 0.3) is 0 Å². The number of hydrogen-bond acceptors (Lipinski definition) is 5. The van der Waals surface area contributed by atoms with E-state index in [1.54, 1.807) is 18.2 Å². The van der Waals surface area contributed by atoms with Gasteiger partial charge in [0.15, 0.2) is 5.75 Å². The minimum absolute atomic E-state index is 0.126. The van der Waals surface area contributed by atoms with Crippen molar-refractivity contribution in [3.63, 3.8) is 0 Å². The average Bonchev–Trinajstić information content (AvgIpc) is 2.57. The van der Waals surface area contributed by atoms with Crippen LogP contribution in [0.15, 0.2) is 53.6 Å². The van der Waals surface area contributed by atoms with Crippen molar-refractivity contribution in [1.29, 1.82) is 0 Å². The van der Waals surface area contributed by atoms with Gasteiger partial charge in [-0.25, -0.2) is 10.2 Å². The van der Waals surface area contributed by atoms with Crippen LogP contribution in [0.25, 0.3) is 0 Å². The molecule has 0 aliphatic rings. The van der Waals surface area contributed by atoms with E-state index in [0.29, 0.717) is 5.56 Å². The largest absolute Gasteiger partial charge is 0.482 e. The number of para-hydroxylation sites is 1. The summed E-state index contributed by atoms with van der Waals surface area (Å²) in [6, 6.07) is 13.4. The Morgan fingerprint density at radius 3 is 2.67 bits per heavy atom. The molecule has 0 unspecified atom stereocenters. The number of amides is 2. The molecule has 0 saturated carbocycles. The number of rotatable bonds is 7. The Bertz CT molecular complexity index is 747. The predicted molar refractivity (Wildman–Crippen MR) is 88.8 cm³/mol. The van der Waals surface area contributed by atoms with E-state index in [1.165, 1.54) is 6.21 Å². The van der Waals surface area contributed by atoms with Crippen molar-refractivity contribution in [2.24, 2.45) is 10.8 Å². The standard InChI is InChI=1S/C16H16N4O4/c17-16(21)19-18-10-9-13-7-4-8-14(15(13)20(22)23)24-11-12-5-2-1-3-6-12/h1-8,10H,9,11H2,(H3,17,19,21)/b18-10-. The third-order valence-corrected chi connectivity index (χ3v) is 3.08. The molecule has 124 valence electrons. The second-order valence-corrected chi connectivity index (χ2v) is 4.79. The van der Waals surface area contributed by atoms with Crippen molar-refractivity contribution in [1.82, 2.24) is 5.43 Å². The number of nitrogens with one attached hydrogen (secondary N) is 1. The van der Waals surface area contributed by atoms with Gasteiger partial charge in [-0.3, -0.25) is 10.1 Å². The molecule has 0 aliphatic heterocycles. The number of nitro groups is 1. The number of carbonyl (C=O) groups excluding carboxylic acids is 1. The van der Waals surface area contributed by atoms with E-state index in [2.05, 4.69) is 5.10 Å². The van der Waals surface area contributed by atoms with E-state index in [4.69, 9.17) is 10.5 Å². The van der Waals surface area contributed by atoms with Gasteiger partial charge >= 0.3 is 11.7 Å². The van der Waals surface area contributed by atoms with Crippen LogP contribution in [-0.2, 0) is 13.0 Å². The predicted octanol–water partition coefficient (Wildman–Crippen LogP) is 2.37. The summed E-state index contributed by atoms with van der Waals surface area (Å²) in [5.74, 6) is 0.178. The van der Waals surface area contributed by atoms with Crippen molar-refractivity contribution >= 4 is 17.9 Å². The van der Waals surface area contributed by atoms with Gasteiger partial charge < -0.3 is 10.5 Å². The molecule has 2 aromatic rings. The summed E-state index contributed by atoms with van der Waals surface area (Å²) in [4.78, 5) is 21.4. The van der Waals surface area contributed by atoms with Crippen LogP contribution in [0.1, 0.15) is 11.1 Å². The minimum atomic E-state index is -0.805. The number of nitrogens with zero attached hydrogens (tertiary/aromatic N) is 2. The molecule has 8 heteroatoms. The Morgan fingerprint density at radius 1 is 1.25 bits per heavy atom. The smallest absolute Gasteiger partial charge is 0.332 e. The highest BCUT2D eigenvalue weighted by Gasteiger charge is 2.20. The zero-order chi connectivity index (χ0) is 17.4. The SMILES string of the molecule is NC(=O)N/N=C\Cc1cccc(OCc2ccccc2)c1[N+](=O)[O-]. The van der Waals surface area contributed by atoms with E-state index in [0.717, 1.165) is 5.56 Å².